The van der Waals surface area contributed by atoms with Crippen LogP contribution in [0.4, 0.5) is 0 Å². The number of amides is 1. The first-order valence-corrected chi connectivity index (χ1v) is 7.11. The lowest BCUT2D eigenvalue weighted by Crippen LogP contribution is -2.56. The second-order valence-corrected chi connectivity index (χ2v) is 5.57. The minimum absolute atomic E-state index is 0.0743. The van der Waals surface area contributed by atoms with Crippen molar-refractivity contribution < 1.29 is 19.5 Å². The van der Waals surface area contributed by atoms with Gasteiger partial charge in [-0.05, 0) is 12.8 Å². The second kappa shape index (κ2) is 6.11. The van der Waals surface area contributed by atoms with Gasteiger partial charge in [0.1, 0.15) is 11.9 Å². The zero-order valence-corrected chi connectivity index (χ0v) is 12.1. The number of β-amino-alcohol motifs (C(OH)–C–C–N with tert-alkyl or cyclic N) is 1. The summed E-state index contributed by atoms with van der Waals surface area (Å²) in [6.07, 6.45) is 0.661. The largest absolute Gasteiger partial charge is 0.388 e. The Morgan fingerprint density at radius 1 is 1.70 bits per heavy atom. The fourth-order valence-electron chi connectivity index (χ4n) is 2.40. The van der Waals surface area contributed by atoms with Crippen LogP contribution in [0.25, 0.3) is 0 Å². The number of aryl methyl sites for hydroxylation is 1. The summed E-state index contributed by atoms with van der Waals surface area (Å²) in [5.74, 6) is 0.487. The van der Waals surface area contributed by atoms with Crippen molar-refractivity contribution in [3.63, 3.8) is 0 Å². The molecule has 2 rings (SSSR count). The summed E-state index contributed by atoms with van der Waals surface area (Å²) in [5, 5.41) is 23.9. The maximum absolute atomic E-state index is 12.1. The predicted octanol–water partition coefficient (Wildman–Crippen LogP) is 0.995. The van der Waals surface area contributed by atoms with Gasteiger partial charge in [-0.2, -0.15) is 0 Å². The summed E-state index contributed by atoms with van der Waals surface area (Å²) in [7, 11) is 0. The number of likely N-dealkylation sites (tertiary alicyclic amines) is 1. The van der Waals surface area contributed by atoms with Crippen molar-refractivity contribution in [1.82, 2.24) is 10.1 Å². The predicted molar refractivity (Wildman–Crippen MR) is 72.3 cm³/mol. The van der Waals surface area contributed by atoms with Crippen molar-refractivity contribution in [2.45, 2.75) is 44.3 Å². The molecule has 6 nitrogen and oxygen atoms in total. The van der Waals surface area contributed by atoms with Gasteiger partial charge in [-0.25, -0.2) is 0 Å². The Balaban J connectivity index is 1.85. The lowest BCUT2D eigenvalue weighted by Gasteiger charge is -2.41. The number of aliphatic hydroxyl groups excluding tert-OH is 1. The van der Waals surface area contributed by atoms with Gasteiger partial charge in [-0.3, -0.25) is 4.79 Å². The summed E-state index contributed by atoms with van der Waals surface area (Å²) >= 11 is 5.63. The topological polar surface area (TPSA) is 86.8 Å². The maximum Gasteiger partial charge on any atom is 0.223 e. The van der Waals surface area contributed by atoms with Gasteiger partial charge in [0, 0.05) is 32.0 Å². The minimum Gasteiger partial charge on any atom is -0.388 e. The Labute approximate surface area is 122 Å². The Morgan fingerprint density at radius 2 is 2.45 bits per heavy atom. The van der Waals surface area contributed by atoms with Crippen LogP contribution in [0.5, 0.6) is 0 Å². The molecule has 0 aliphatic carbocycles. The summed E-state index contributed by atoms with van der Waals surface area (Å²) in [6, 6.07) is 1.58. The highest BCUT2D eigenvalue weighted by Gasteiger charge is 2.40. The molecule has 0 radical (unpaired) electrons. The molecule has 1 aromatic heterocycles. The lowest BCUT2D eigenvalue weighted by atomic mass is 9.86. The zero-order valence-electron chi connectivity index (χ0n) is 11.4. The third-order valence-corrected chi connectivity index (χ3v) is 4.09. The first-order chi connectivity index (χ1) is 9.44. The van der Waals surface area contributed by atoms with E-state index in [4.69, 9.17) is 16.1 Å². The highest BCUT2D eigenvalue weighted by molar-refractivity contribution is 6.29. The summed E-state index contributed by atoms with van der Waals surface area (Å²) in [6.45, 7) is 2.45. The van der Waals surface area contributed by atoms with E-state index >= 15 is 0 Å². The van der Waals surface area contributed by atoms with Gasteiger partial charge in [0.25, 0.3) is 0 Å². The molecule has 0 saturated carbocycles. The number of aromatic nitrogens is 1. The first-order valence-electron chi connectivity index (χ1n) is 6.74. The Hall–Kier alpha value is -1.11. The molecular weight excluding hydrogens is 284 g/mol. The van der Waals surface area contributed by atoms with Gasteiger partial charge < -0.3 is 19.6 Å². The molecule has 0 bridgehead atoms. The Morgan fingerprint density at radius 3 is 3.00 bits per heavy atom. The number of nitrogens with zero attached hydrogens (tertiary/aromatic N) is 2. The third kappa shape index (κ3) is 3.31. The zero-order chi connectivity index (χ0) is 14.8. The number of aliphatic hydroxyl groups is 2. The highest BCUT2D eigenvalue weighted by Crippen LogP contribution is 2.26. The average molecular weight is 303 g/mol. The van der Waals surface area contributed by atoms with Crippen molar-refractivity contribution in [3.05, 3.63) is 17.0 Å². The van der Waals surface area contributed by atoms with Gasteiger partial charge >= 0.3 is 0 Å². The van der Waals surface area contributed by atoms with Crippen molar-refractivity contribution in [2.75, 3.05) is 13.1 Å². The molecule has 1 amide bonds. The van der Waals surface area contributed by atoms with Gasteiger partial charge in [0.15, 0.2) is 5.15 Å². The molecule has 1 aromatic rings. The second-order valence-electron chi connectivity index (χ2n) is 5.18. The first kappa shape index (κ1) is 15.3. The van der Waals surface area contributed by atoms with E-state index in [1.165, 1.54) is 0 Å². The van der Waals surface area contributed by atoms with Gasteiger partial charge in [0.2, 0.25) is 5.91 Å². The number of halogens is 1. The number of hydrogen-bond donors (Lipinski definition) is 2. The molecule has 2 heterocycles. The Kier molecular flexibility index (Phi) is 4.67. The van der Waals surface area contributed by atoms with Crippen LogP contribution in [0, 0.1) is 0 Å². The molecule has 2 atom stereocenters. The van der Waals surface area contributed by atoms with Crippen LogP contribution in [0.3, 0.4) is 0 Å². The van der Waals surface area contributed by atoms with Gasteiger partial charge in [-0.15, -0.1) is 0 Å². The highest BCUT2D eigenvalue weighted by atomic mass is 35.5. The SMILES string of the molecule is CC[C@@]1(O)CCN(C(=O)CCc2cc(Cl)no2)C[C@H]1O. The van der Waals surface area contributed by atoms with Crippen molar-refractivity contribution in [2.24, 2.45) is 0 Å². The van der Waals surface area contributed by atoms with E-state index in [2.05, 4.69) is 5.16 Å². The van der Waals surface area contributed by atoms with Crippen molar-refractivity contribution >= 4 is 17.5 Å². The standard InChI is InChI=1S/C13H19ClN2O4/c1-2-13(19)5-6-16(8-10(13)17)12(18)4-3-9-7-11(14)15-20-9/h7,10,17,19H,2-6,8H2,1H3/t10-,13-/m1/s1. The number of piperidine rings is 1. The van der Waals surface area contributed by atoms with Gasteiger partial charge in [-0.1, -0.05) is 23.7 Å². The van der Waals surface area contributed by atoms with Crippen molar-refractivity contribution in [3.8, 4) is 0 Å². The van der Waals surface area contributed by atoms with E-state index in [-0.39, 0.29) is 24.0 Å². The van der Waals surface area contributed by atoms with Crippen LogP contribution in [0.1, 0.15) is 31.9 Å². The molecule has 1 saturated heterocycles. The van der Waals surface area contributed by atoms with Crippen LogP contribution >= 0.6 is 11.6 Å². The number of hydrogen-bond acceptors (Lipinski definition) is 5. The average Bonchev–Trinajstić information content (AvgIpc) is 2.85. The molecule has 1 aliphatic heterocycles. The van der Waals surface area contributed by atoms with E-state index < -0.39 is 11.7 Å². The van der Waals surface area contributed by atoms with E-state index in [9.17, 15) is 15.0 Å². The van der Waals surface area contributed by atoms with Crippen LogP contribution in [-0.2, 0) is 11.2 Å². The minimum atomic E-state index is -1.07. The summed E-state index contributed by atoms with van der Waals surface area (Å²) in [4.78, 5) is 13.6. The van der Waals surface area contributed by atoms with E-state index in [0.717, 1.165) is 0 Å². The molecular formula is C13H19ClN2O4. The molecule has 1 fully saturated rings. The quantitative estimate of drug-likeness (QED) is 0.866. The molecule has 2 N–H and O–H groups in total. The molecule has 7 heteroatoms. The third-order valence-electron chi connectivity index (χ3n) is 3.91. The fraction of sp³-hybridized carbons (Fsp3) is 0.692. The smallest absolute Gasteiger partial charge is 0.223 e. The number of carbonyl (C=O) groups is 1. The van der Waals surface area contributed by atoms with E-state index in [1.807, 2.05) is 6.92 Å². The van der Waals surface area contributed by atoms with Crippen molar-refractivity contribution in [1.29, 1.82) is 0 Å². The lowest BCUT2D eigenvalue weighted by molar-refractivity contribution is -0.149. The van der Waals surface area contributed by atoms with E-state index in [0.29, 0.717) is 31.6 Å². The molecule has 0 aromatic carbocycles. The monoisotopic (exact) mass is 302 g/mol. The van der Waals surface area contributed by atoms with Gasteiger partial charge in [0.05, 0.1) is 5.60 Å². The maximum atomic E-state index is 12.1. The fourth-order valence-corrected chi connectivity index (χ4v) is 2.55. The molecule has 112 valence electrons. The Bertz CT molecular complexity index is 479. The van der Waals surface area contributed by atoms with E-state index in [1.54, 1.807) is 11.0 Å². The molecule has 0 spiro atoms. The summed E-state index contributed by atoms with van der Waals surface area (Å²) in [5.41, 5.74) is -1.07. The summed E-state index contributed by atoms with van der Waals surface area (Å²) < 4.78 is 4.93. The molecule has 1 aliphatic rings. The normalized spacial score (nSPS) is 26.8. The van der Waals surface area contributed by atoms with Crippen LogP contribution in [-0.4, -0.2) is 51.0 Å². The molecule has 20 heavy (non-hydrogen) atoms. The number of rotatable bonds is 4. The van der Waals surface area contributed by atoms with Crippen LogP contribution in [0.2, 0.25) is 5.15 Å². The number of carbonyl (C=O) groups excluding carboxylic acids is 1. The molecule has 0 unspecified atom stereocenters. The van der Waals surface area contributed by atoms with Crippen LogP contribution < -0.4 is 0 Å². The van der Waals surface area contributed by atoms with Crippen LogP contribution in [0.15, 0.2) is 10.6 Å².